The molecule has 3 aromatic rings. The van der Waals surface area contributed by atoms with Crippen LogP contribution in [0, 0.1) is 0 Å². The predicted octanol–water partition coefficient (Wildman–Crippen LogP) is 6.00. The summed E-state index contributed by atoms with van der Waals surface area (Å²) in [6, 6.07) is 22.0. The highest BCUT2D eigenvalue weighted by Gasteiger charge is 2.27. The summed E-state index contributed by atoms with van der Waals surface area (Å²) in [5.74, 6) is 0.509. The lowest BCUT2D eigenvalue weighted by molar-refractivity contribution is 0.0571. The summed E-state index contributed by atoms with van der Waals surface area (Å²) in [5, 5.41) is 0. The first kappa shape index (κ1) is 25.6. The standard InChI is InChI=1S/C28H31NO6/c1-28(2,3)35-27(31)29(18-22-16-15-21(26(30)33-5)17-25(22)32-4)23-13-9-10-14-24(23)34-19-20-11-7-6-8-12-20/h6-17H,18-19H2,1-5H3. The topological polar surface area (TPSA) is 74.3 Å². The number of nitrogens with zero attached hydrogens (tertiary/aromatic N) is 1. The highest BCUT2D eigenvalue weighted by Crippen LogP contribution is 2.33. The van der Waals surface area contributed by atoms with Gasteiger partial charge in [0.1, 0.15) is 23.7 Å². The molecule has 0 saturated heterocycles. The van der Waals surface area contributed by atoms with Crippen LogP contribution in [0.15, 0.2) is 72.8 Å². The van der Waals surface area contributed by atoms with Crippen molar-refractivity contribution in [3.63, 3.8) is 0 Å². The molecule has 35 heavy (non-hydrogen) atoms. The highest BCUT2D eigenvalue weighted by atomic mass is 16.6. The maximum atomic E-state index is 13.3. The smallest absolute Gasteiger partial charge is 0.415 e. The van der Waals surface area contributed by atoms with Gasteiger partial charge in [-0.25, -0.2) is 9.59 Å². The van der Waals surface area contributed by atoms with Gasteiger partial charge in [0, 0.05) is 5.56 Å². The Bertz CT molecular complexity index is 1150. The van der Waals surface area contributed by atoms with E-state index in [1.807, 2.05) is 69.3 Å². The second-order valence-corrected chi connectivity index (χ2v) is 8.83. The fraction of sp³-hybridized carbons (Fsp3) is 0.286. The van der Waals surface area contributed by atoms with E-state index in [4.69, 9.17) is 18.9 Å². The Kier molecular flexibility index (Phi) is 8.36. The van der Waals surface area contributed by atoms with E-state index in [9.17, 15) is 9.59 Å². The fourth-order valence-corrected chi connectivity index (χ4v) is 3.39. The van der Waals surface area contributed by atoms with Crippen LogP contribution < -0.4 is 14.4 Å². The summed E-state index contributed by atoms with van der Waals surface area (Å²) >= 11 is 0. The minimum atomic E-state index is -0.700. The second kappa shape index (κ2) is 11.4. The van der Waals surface area contributed by atoms with Crippen LogP contribution in [0.25, 0.3) is 0 Å². The predicted molar refractivity (Wildman–Crippen MR) is 134 cm³/mol. The summed E-state index contributed by atoms with van der Waals surface area (Å²) in [7, 11) is 2.83. The molecule has 0 fully saturated rings. The summed E-state index contributed by atoms with van der Waals surface area (Å²) in [5.41, 5.74) is 1.89. The molecule has 7 nitrogen and oxygen atoms in total. The molecular formula is C28H31NO6. The van der Waals surface area contributed by atoms with Gasteiger partial charge < -0.3 is 18.9 Å². The molecule has 0 heterocycles. The molecule has 7 heteroatoms. The lowest BCUT2D eigenvalue weighted by Crippen LogP contribution is -2.36. The molecule has 3 rings (SSSR count). The Balaban J connectivity index is 1.97. The molecule has 1 amide bonds. The van der Waals surface area contributed by atoms with E-state index in [0.717, 1.165) is 5.56 Å². The Morgan fingerprint density at radius 2 is 1.54 bits per heavy atom. The number of hydrogen-bond acceptors (Lipinski definition) is 6. The van der Waals surface area contributed by atoms with Gasteiger partial charge in [-0.15, -0.1) is 0 Å². The van der Waals surface area contributed by atoms with Crippen molar-refractivity contribution in [3.05, 3.63) is 89.5 Å². The Hall–Kier alpha value is -4.00. The third kappa shape index (κ3) is 6.99. The number of carbonyl (C=O) groups is 2. The number of amides is 1. The summed E-state index contributed by atoms with van der Waals surface area (Å²) < 4.78 is 22.1. The first-order valence-corrected chi connectivity index (χ1v) is 11.2. The Morgan fingerprint density at radius 3 is 2.20 bits per heavy atom. The summed E-state index contributed by atoms with van der Waals surface area (Å²) in [6.45, 7) is 5.91. The van der Waals surface area contributed by atoms with Crippen LogP contribution >= 0.6 is 0 Å². The summed E-state index contributed by atoms with van der Waals surface area (Å²) in [4.78, 5) is 26.8. The van der Waals surface area contributed by atoms with Crippen molar-refractivity contribution in [1.29, 1.82) is 0 Å². The van der Waals surface area contributed by atoms with Gasteiger partial charge in [0.15, 0.2) is 0 Å². The molecule has 0 spiro atoms. The van der Waals surface area contributed by atoms with Gasteiger partial charge >= 0.3 is 12.1 Å². The van der Waals surface area contributed by atoms with Crippen LogP contribution in [0.4, 0.5) is 10.5 Å². The van der Waals surface area contributed by atoms with Crippen LogP contribution in [0.3, 0.4) is 0 Å². The van der Waals surface area contributed by atoms with Crippen LogP contribution in [0.1, 0.15) is 42.3 Å². The van der Waals surface area contributed by atoms with Gasteiger partial charge in [-0.1, -0.05) is 48.5 Å². The van der Waals surface area contributed by atoms with Gasteiger partial charge in [0.25, 0.3) is 0 Å². The minimum Gasteiger partial charge on any atom is -0.496 e. The zero-order valence-corrected chi connectivity index (χ0v) is 20.7. The van der Waals surface area contributed by atoms with Crippen molar-refractivity contribution in [2.45, 2.75) is 39.5 Å². The van der Waals surface area contributed by atoms with Gasteiger partial charge in [0.2, 0.25) is 0 Å². The van der Waals surface area contributed by atoms with Crippen molar-refractivity contribution < 1.29 is 28.5 Å². The monoisotopic (exact) mass is 477 g/mol. The van der Waals surface area contributed by atoms with E-state index in [-0.39, 0.29) is 6.54 Å². The zero-order chi connectivity index (χ0) is 25.4. The first-order valence-electron chi connectivity index (χ1n) is 11.2. The van der Waals surface area contributed by atoms with E-state index in [2.05, 4.69) is 0 Å². The van der Waals surface area contributed by atoms with Crippen LogP contribution in [-0.4, -0.2) is 31.9 Å². The minimum absolute atomic E-state index is 0.130. The molecule has 0 atom stereocenters. The van der Waals surface area contributed by atoms with Crippen molar-refractivity contribution in [3.8, 4) is 11.5 Å². The summed E-state index contributed by atoms with van der Waals surface area (Å²) in [6.07, 6.45) is -0.535. The van der Waals surface area contributed by atoms with Crippen LogP contribution in [-0.2, 0) is 22.6 Å². The molecule has 0 radical (unpaired) electrons. The number of para-hydroxylation sites is 2. The number of methoxy groups -OCH3 is 2. The van der Waals surface area contributed by atoms with Gasteiger partial charge in [-0.05, 0) is 50.6 Å². The number of esters is 1. The lowest BCUT2D eigenvalue weighted by atomic mass is 10.1. The molecule has 0 aliphatic heterocycles. The average molecular weight is 478 g/mol. The van der Waals surface area contributed by atoms with E-state index >= 15 is 0 Å². The quantitative estimate of drug-likeness (QED) is 0.370. The maximum absolute atomic E-state index is 13.3. The number of benzene rings is 3. The number of carbonyl (C=O) groups excluding carboxylic acids is 2. The maximum Gasteiger partial charge on any atom is 0.415 e. The third-order valence-corrected chi connectivity index (χ3v) is 5.04. The number of hydrogen-bond donors (Lipinski definition) is 0. The van der Waals surface area contributed by atoms with Crippen LogP contribution in [0.5, 0.6) is 11.5 Å². The zero-order valence-electron chi connectivity index (χ0n) is 20.7. The largest absolute Gasteiger partial charge is 0.496 e. The third-order valence-electron chi connectivity index (χ3n) is 5.04. The van der Waals surface area contributed by atoms with E-state index < -0.39 is 17.7 Å². The fourth-order valence-electron chi connectivity index (χ4n) is 3.39. The lowest BCUT2D eigenvalue weighted by Gasteiger charge is -2.29. The van der Waals surface area contributed by atoms with E-state index in [1.165, 1.54) is 19.1 Å². The highest BCUT2D eigenvalue weighted by molar-refractivity contribution is 5.91. The molecule has 0 N–H and O–H groups in total. The second-order valence-electron chi connectivity index (χ2n) is 8.83. The SMILES string of the molecule is COC(=O)c1ccc(CN(C(=O)OC(C)(C)C)c2ccccc2OCc2ccccc2)c(OC)c1. The number of anilines is 1. The molecule has 0 saturated carbocycles. The molecule has 0 aliphatic rings. The molecular weight excluding hydrogens is 446 g/mol. The van der Waals surface area contributed by atoms with Crippen molar-refractivity contribution in [1.82, 2.24) is 0 Å². The number of rotatable bonds is 8. The van der Waals surface area contributed by atoms with E-state index in [1.54, 1.807) is 24.3 Å². The van der Waals surface area contributed by atoms with Gasteiger partial charge in [-0.2, -0.15) is 0 Å². The molecule has 0 bridgehead atoms. The molecule has 184 valence electrons. The van der Waals surface area contributed by atoms with Crippen molar-refractivity contribution >= 4 is 17.7 Å². The van der Waals surface area contributed by atoms with Crippen molar-refractivity contribution in [2.75, 3.05) is 19.1 Å². The number of ether oxygens (including phenoxy) is 4. The van der Waals surface area contributed by atoms with Gasteiger partial charge in [0.05, 0.1) is 32.0 Å². The first-order chi connectivity index (χ1) is 16.7. The van der Waals surface area contributed by atoms with Crippen LogP contribution in [0.2, 0.25) is 0 Å². The van der Waals surface area contributed by atoms with Crippen molar-refractivity contribution in [2.24, 2.45) is 0 Å². The van der Waals surface area contributed by atoms with Gasteiger partial charge in [-0.3, -0.25) is 4.90 Å². The Labute approximate surface area is 206 Å². The molecule has 3 aromatic carbocycles. The molecule has 0 unspecified atom stereocenters. The molecule has 0 aliphatic carbocycles. The van der Waals surface area contributed by atoms with E-state index in [0.29, 0.717) is 34.9 Å². The average Bonchev–Trinajstić information content (AvgIpc) is 2.85. The molecule has 0 aromatic heterocycles. The Morgan fingerprint density at radius 1 is 0.857 bits per heavy atom. The normalized spacial score (nSPS) is 10.9.